The molecule has 8 nitrogen and oxygen atoms in total. The van der Waals surface area contributed by atoms with Crippen LogP contribution in [0.4, 0.5) is 0 Å². The lowest BCUT2D eigenvalue weighted by Crippen LogP contribution is -2.54. The number of sulfonamides is 1. The molecule has 2 fully saturated rings. The van der Waals surface area contributed by atoms with Crippen LogP contribution in [0.2, 0.25) is 0 Å². The average molecular weight is 310 g/mol. The molecule has 2 aliphatic heterocycles. The molecule has 4 atom stereocenters. The van der Waals surface area contributed by atoms with Gasteiger partial charge < -0.3 is 19.7 Å². The number of aliphatic hydroxyl groups excluding tert-OH is 2. The van der Waals surface area contributed by atoms with Gasteiger partial charge in [0.05, 0.1) is 38.2 Å². The van der Waals surface area contributed by atoms with E-state index in [4.69, 9.17) is 9.47 Å². The smallest absolute Gasteiger partial charge is 0.208 e. The minimum atomic E-state index is -3.32. The van der Waals surface area contributed by atoms with Crippen LogP contribution in [0, 0.1) is 0 Å². The number of nitrogens with one attached hydrogen (secondary N) is 1. The molecule has 0 aliphatic carbocycles. The van der Waals surface area contributed by atoms with E-state index in [2.05, 4.69) is 4.72 Å². The van der Waals surface area contributed by atoms with Crippen LogP contribution in [-0.4, -0.2) is 93.6 Å². The summed E-state index contributed by atoms with van der Waals surface area (Å²) in [5.41, 5.74) is 0. The Morgan fingerprint density at radius 1 is 1.30 bits per heavy atom. The highest BCUT2D eigenvalue weighted by atomic mass is 32.2. The Labute approximate surface area is 118 Å². The molecule has 0 saturated carbocycles. The molecule has 20 heavy (non-hydrogen) atoms. The summed E-state index contributed by atoms with van der Waals surface area (Å²) in [6.45, 7) is 2.22. The first-order valence-electron chi connectivity index (χ1n) is 6.63. The van der Waals surface area contributed by atoms with Crippen LogP contribution in [-0.2, 0) is 19.5 Å². The van der Waals surface area contributed by atoms with Gasteiger partial charge in [0.1, 0.15) is 12.2 Å². The largest absolute Gasteiger partial charge is 0.394 e. The summed E-state index contributed by atoms with van der Waals surface area (Å²) in [7, 11) is -3.32. The molecule has 2 heterocycles. The van der Waals surface area contributed by atoms with Gasteiger partial charge in [0, 0.05) is 19.6 Å². The number of ether oxygens (including phenoxy) is 2. The van der Waals surface area contributed by atoms with Crippen molar-refractivity contribution in [3.8, 4) is 0 Å². The lowest BCUT2D eigenvalue weighted by atomic mass is 10.0. The van der Waals surface area contributed by atoms with Gasteiger partial charge in [0.2, 0.25) is 10.0 Å². The van der Waals surface area contributed by atoms with Gasteiger partial charge in [-0.1, -0.05) is 0 Å². The summed E-state index contributed by atoms with van der Waals surface area (Å²) in [6, 6.07) is -0.342. The molecule has 3 N–H and O–H groups in total. The molecule has 0 aromatic rings. The van der Waals surface area contributed by atoms with Crippen LogP contribution in [0.3, 0.4) is 0 Å². The molecule has 0 amide bonds. The van der Waals surface area contributed by atoms with Crippen LogP contribution in [0.15, 0.2) is 0 Å². The highest BCUT2D eigenvalue weighted by molar-refractivity contribution is 7.88. The fraction of sp³-hybridized carbons (Fsp3) is 1.00. The van der Waals surface area contributed by atoms with Crippen LogP contribution >= 0.6 is 0 Å². The maximum absolute atomic E-state index is 11.2. The van der Waals surface area contributed by atoms with Crippen molar-refractivity contribution < 1.29 is 28.1 Å². The molecule has 2 rings (SSSR count). The van der Waals surface area contributed by atoms with E-state index in [0.717, 1.165) is 6.26 Å². The normalized spacial score (nSPS) is 36.4. The van der Waals surface area contributed by atoms with Gasteiger partial charge in [-0.15, -0.1) is 0 Å². The lowest BCUT2D eigenvalue weighted by Gasteiger charge is -2.36. The van der Waals surface area contributed by atoms with Crippen LogP contribution < -0.4 is 4.72 Å². The Balaban J connectivity index is 2.05. The Morgan fingerprint density at radius 3 is 2.50 bits per heavy atom. The summed E-state index contributed by atoms with van der Waals surface area (Å²) >= 11 is 0. The monoisotopic (exact) mass is 310 g/mol. The van der Waals surface area contributed by atoms with Crippen molar-refractivity contribution >= 4 is 10.0 Å². The molecule has 0 aromatic carbocycles. The highest BCUT2D eigenvalue weighted by Crippen LogP contribution is 2.26. The highest BCUT2D eigenvalue weighted by Gasteiger charge is 2.46. The van der Waals surface area contributed by atoms with Crippen molar-refractivity contribution in [1.29, 1.82) is 0 Å². The van der Waals surface area contributed by atoms with Gasteiger partial charge in [-0.2, -0.15) is 0 Å². The number of hydrogen-bond donors (Lipinski definition) is 3. The molecule has 0 radical (unpaired) electrons. The predicted molar refractivity (Wildman–Crippen MR) is 70.8 cm³/mol. The molecule has 0 bridgehead atoms. The van der Waals surface area contributed by atoms with Gasteiger partial charge in [0.15, 0.2) is 0 Å². The first-order valence-corrected chi connectivity index (χ1v) is 8.52. The van der Waals surface area contributed by atoms with Crippen LogP contribution in [0.1, 0.15) is 0 Å². The molecule has 0 aromatic heterocycles. The van der Waals surface area contributed by atoms with E-state index in [9.17, 15) is 18.6 Å². The van der Waals surface area contributed by atoms with E-state index >= 15 is 0 Å². The first-order chi connectivity index (χ1) is 9.42. The van der Waals surface area contributed by atoms with Crippen molar-refractivity contribution in [2.75, 3.05) is 45.7 Å². The SMILES string of the molecule is CS(=O)(=O)NC[C@H]1O[C@@H](CO)[C@@H](O)[C@H]1N1CCOCC1. The van der Waals surface area contributed by atoms with E-state index < -0.39 is 28.3 Å². The van der Waals surface area contributed by atoms with Crippen LogP contribution in [0.25, 0.3) is 0 Å². The maximum atomic E-state index is 11.2. The Hall–Kier alpha value is -0.290. The number of rotatable bonds is 5. The minimum Gasteiger partial charge on any atom is -0.394 e. The zero-order valence-electron chi connectivity index (χ0n) is 11.4. The van der Waals surface area contributed by atoms with Crippen molar-refractivity contribution in [1.82, 2.24) is 9.62 Å². The van der Waals surface area contributed by atoms with Crippen LogP contribution in [0.5, 0.6) is 0 Å². The van der Waals surface area contributed by atoms with Crippen molar-refractivity contribution in [2.45, 2.75) is 24.4 Å². The second-order valence-corrected chi connectivity index (χ2v) is 6.98. The van der Waals surface area contributed by atoms with Gasteiger partial charge in [-0.25, -0.2) is 13.1 Å². The fourth-order valence-electron chi connectivity index (χ4n) is 2.71. The molecule has 0 unspecified atom stereocenters. The molecule has 0 spiro atoms. The van der Waals surface area contributed by atoms with Gasteiger partial charge in [-0.05, 0) is 0 Å². The van der Waals surface area contributed by atoms with Gasteiger partial charge >= 0.3 is 0 Å². The second-order valence-electron chi connectivity index (χ2n) is 5.15. The summed E-state index contributed by atoms with van der Waals surface area (Å²) in [6.07, 6.45) is -0.945. The molecular formula is C11H22N2O6S. The van der Waals surface area contributed by atoms with E-state index in [1.54, 1.807) is 0 Å². The third-order valence-electron chi connectivity index (χ3n) is 3.66. The minimum absolute atomic E-state index is 0.0778. The zero-order chi connectivity index (χ0) is 14.8. The average Bonchev–Trinajstić information content (AvgIpc) is 2.73. The topological polar surface area (TPSA) is 108 Å². The summed E-state index contributed by atoms with van der Waals surface area (Å²) in [5, 5.41) is 19.5. The van der Waals surface area contributed by atoms with E-state index in [-0.39, 0.29) is 19.2 Å². The Bertz CT molecular complexity index is 411. The van der Waals surface area contributed by atoms with Gasteiger partial charge in [-0.3, -0.25) is 4.90 Å². The molecule has 2 aliphatic rings. The standard InChI is InChI=1S/C11H22N2O6S/c1-20(16,17)12-6-8-10(11(15)9(7-14)19-8)13-2-4-18-5-3-13/h8-12,14-15H,2-7H2,1H3/t8-,9+,10+,11-/m1/s1. The quantitative estimate of drug-likeness (QED) is 0.509. The van der Waals surface area contributed by atoms with Crippen molar-refractivity contribution in [3.63, 3.8) is 0 Å². The maximum Gasteiger partial charge on any atom is 0.208 e. The van der Waals surface area contributed by atoms with E-state index in [1.165, 1.54) is 0 Å². The number of aliphatic hydroxyl groups is 2. The lowest BCUT2D eigenvalue weighted by molar-refractivity contribution is -0.0207. The summed E-state index contributed by atoms with van der Waals surface area (Å²) < 4.78 is 35.6. The second kappa shape index (κ2) is 6.65. The summed E-state index contributed by atoms with van der Waals surface area (Å²) in [5.74, 6) is 0. The fourth-order valence-corrected chi connectivity index (χ4v) is 3.17. The molecular weight excluding hydrogens is 288 g/mol. The van der Waals surface area contributed by atoms with E-state index in [1.807, 2.05) is 4.90 Å². The predicted octanol–water partition coefficient (Wildman–Crippen LogP) is -2.64. The Morgan fingerprint density at radius 2 is 1.95 bits per heavy atom. The zero-order valence-corrected chi connectivity index (χ0v) is 12.3. The van der Waals surface area contributed by atoms with E-state index in [0.29, 0.717) is 26.3 Å². The first kappa shape index (κ1) is 16.1. The Kier molecular flexibility index (Phi) is 5.35. The number of hydrogen-bond acceptors (Lipinski definition) is 7. The third kappa shape index (κ3) is 3.88. The van der Waals surface area contributed by atoms with Crippen molar-refractivity contribution in [2.24, 2.45) is 0 Å². The third-order valence-corrected chi connectivity index (χ3v) is 4.35. The van der Waals surface area contributed by atoms with Crippen molar-refractivity contribution in [3.05, 3.63) is 0 Å². The van der Waals surface area contributed by atoms with Gasteiger partial charge in [0.25, 0.3) is 0 Å². The summed E-state index contributed by atoms with van der Waals surface area (Å²) in [4.78, 5) is 2.03. The number of nitrogens with zero attached hydrogens (tertiary/aromatic N) is 1. The molecule has 9 heteroatoms. The molecule has 2 saturated heterocycles. The molecule has 118 valence electrons. The number of morpholine rings is 1.